The molecule has 0 aliphatic carbocycles. The Morgan fingerprint density at radius 2 is 1.93 bits per heavy atom. The van der Waals surface area contributed by atoms with E-state index in [1.165, 1.54) is 0 Å². The van der Waals surface area contributed by atoms with Crippen molar-refractivity contribution in [3.8, 4) is 5.75 Å². The van der Waals surface area contributed by atoms with Crippen LogP contribution >= 0.6 is 0 Å². The smallest absolute Gasteiger partial charge is 0.242 e. The standard InChI is InChI=1S/C19H26N4O4/c1-21-8-7-20-19(26)16(21)11-17(24)23-10-9-22(18(25)13-23)12-14-3-5-15(27-2)6-4-14/h3-6,16H,7-13H2,1-2H3,(H,20,26). The maximum absolute atomic E-state index is 12.6. The van der Waals surface area contributed by atoms with Crippen molar-refractivity contribution in [3.05, 3.63) is 29.8 Å². The quantitative estimate of drug-likeness (QED) is 0.764. The molecule has 1 atom stereocenters. The number of carbonyl (C=O) groups excluding carboxylic acids is 3. The first-order valence-corrected chi connectivity index (χ1v) is 9.14. The zero-order valence-corrected chi connectivity index (χ0v) is 15.8. The van der Waals surface area contributed by atoms with Gasteiger partial charge in [0.15, 0.2) is 0 Å². The molecule has 1 aromatic rings. The van der Waals surface area contributed by atoms with Crippen molar-refractivity contribution in [3.63, 3.8) is 0 Å². The van der Waals surface area contributed by atoms with Gasteiger partial charge in [0.1, 0.15) is 5.75 Å². The molecule has 2 aliphatic heterocycles. The van der Waals surface area contributed by atoms with Crippen LogP contribution in [0.4, 0.5) is 0 Å². The van der Waals surface area contributed by atoms with Gasteiger partial charge in [0.05, 0.1) is 26.1 Å². The van der Waals surface area contributed by atoms with E-state index in [0.717, 1.165) is 17.9 Å². The molecule has 2 heterocycles. The van der Waals surface area contributed by atoms with Crippen molar-refractivity contribution in [2.45, 2.75) is 19.0 Å². The first kappa shape index (κ1) is 19.2. The molecule has 3 amide bonds. The van der Waals surface area contributed by atoms with Gasteiger partial charge in [-0.25, -0.2) is 0 Å². The Balaban J connectivity index is 1.53. The molecule has 1 unspecified atom stereocenters. The number of nitrogens with one attached hydrogen (secondary N) is 1. The van der Waals surface area contributed by atoms with Crippen LogP contribution in [-0.4, -0.2) is 85.3 Å². The molecule has 0 bridgehead atoms. The SMILES string of the molecule is COc1ccc(CN2CCN(C(=O)CC3C(=O)NCCN3C)CC2=O)cc1. The summed E-state index contributed by atoms with van der Waals surface area (Å²) in [5.41, 5.74) is 1.02. The first-order valence-electron chi connectivity index (χ1n) is 9.14. The van der Waals surface area contributed by atoms with Crippen molar-refractivity contribution < 1.29 is 19.1 Å². The molecule has 3 rings (SSSR count). The molecule has 1 N–H and O–H groups in total. The van der Waals surface area contributed by atoms with E-state index in [4.69, 9.17) is 4.74 Å². The molecule has 2 fully saturated rings. The van der Waals surface area contributed by atoms with Crippen molar-refractivity contribution in [2.24, 2.45) is 0 Å². The van der Waals surface area contributed by atoms with E-state index < -0.39 is 6.04 Å². The average Bonchev–Trinajstić information content (AvgIpc) is 2.67. The fourth-order valence-electron chi connectivity index (χ4n) is 3.41. The summed E-state index contributed by atoms with van der Waals surface area (Å²) in [6.45, 7) is 2.87. The number of carbonyl (C=O) groups is 3. The van der Waals surface area contributed by atoms with Gasteiger partial charge in [0.25, 0.3) is 0 Å². The van der Waals surface area contributed by atoms with Crippen molar-refractivity contribution >= 4 is 17.7 Å². The Labute approximate surface area is 159 Å². The lowest BCUT2D eigenvalue weighted by atomic mass is 10.1. The van der Waals surface area contributed by atoms with E-state index >= 15 is 0 Å². The van der Waals surface area contributed by atoms with E-state index in [2.05, 4.69) is 5.32 Å². The lowest BCUT2D eigenvalue weighted by Crippen LogP contribution is -2.57. The Morgan fingerprint density at radius 3 is 2.56 bits per heavy atom. The highest BCUT2D eigenvalue weighted by atomic mass is 16.5. The Bertz CT molecular complexity index is 706. The maximum Gasteiger partial charge on any atom is 0.242 e. The minimum atomic E-state index is -0.460. The van der Waals surface area contributed by atoms with Gasteiger partial charge in [-0.1, -0.05) is 12.1 Å². The van der Waals surface area contributed by atoms with Crippen LogP contribution in [0.3, 0.4) is 0 Å². The highest BCUT2D eigenvalue weighted by Crippen LogP contribution is 2.16. The van der Waals surface area contributed by atoms with Crippen LogP contribution in [0.15, 0.2) is 24.3 Å². The largest absolute Gasteiger partial charge is 0.497 e. The Hall–Kier alpha value is -2.61. The van der Waals surface area contributed by atoms with Crippen molar-refractivity contribution in [2.75, 3.05) is 46.9 Å². The molecular formula is C19H26N4O4. The third-order valence-corrected chi connectivity index (χ3v) is 5.17. The molecule has 1 aromatic carbocycles. The first-order chi connectivity index (χ1) is 13.0. The molecule has 2 saturated heterocycles. The molecule has 8 heteroatoms. The number of ether oxygens (including phenoxy) is 1. The third kappa shape index (κ3) is 4.57. The van der Waals surface area contributed by atoms with E-state index in [1.807, 2.05) is 36.2 Å². The number of benzene rings is 1. The van der Waals surface area contributed by atoms with Gasteiger partial charge >= 0.3 is 0 Å². The number of likely N-dealkylation sites (N-methyl/N-ethyl adjacent to an activating group) is 1. The number of rotatable bonds is 5. The van der Waals surface area contributed by atoms with Crippen molar-refractivity contribution in [1.82, 2.24) is 20.0 Å². The predicted octanol–water partition coefficient (Wildman–Crippen LogP) is -0.314. The molecule has 0 spiro atoms. The van der Waals surface area contributed by atoms with Crippen LogP contribution < -0.4 is 10.1 Å². The van der Waals surface area contributed by atoms with Gasteiger partial charge in [-0.15, -0.1) is 0 Å². The van der Waals surface area contributed by atoms with Crippen LogP contribution in [0.2, 0.25) is 0 Å². The zero-order chi connectivity index (χ0) is 19.4. The monoisotopic (exact) mass is 374 g/mol. The molecule has 27 heavy (non-hydrogen) atoms. The normalized spacial score (nSPS) is 21.2. The van der Waals surface area contributed by atoms with Gasteiger partial charge in [-0.05, 0) is 24.7 Å². The topological polar surface area (TPSA) is 82.2 Å². The predicted molar refractivity (Wildman–Crippen MR) is 99.0 cm³/mol. The number of nitrogens with zero attached hydrogens (tertiary/aromatic N) is 3. The van der Waals surface area contributed by atoms with E-state index in [9.17, 15) is 14.4 Å². The van der Waals surface area contributed by atoms with Crippen molar-refractivity contribution in [1.29, 1.82) is 0 Å². The zero-order valence-electron chi connectivity index (χ0n) is 15.8. The summed E-state index contributed by atoms with van der Waals surface area (Å²) in [6.07, 6.45) is 0.105. The third-order valence-electron chi connectivity index (χ3n) is 5.17. The summed E-state index contributed by atoms with van der Waals surface area (Å²) >= 11 is 0. The van der Waals surface area contributed by atoms with Crippen LogP contribution in [0.5, 0.6) is 5.75 Å². The van der Waals surface area contributed by atoms with Gasteiger partial charge in [0, 0.05) is 32.7 Å². The minimum Gasteiger partial charge on any atom is -0.497 e. The summed E-state index contributed by atoms with van der Waals surface area (Å²) in [6, 6.07) is 7.14. The van der Waals surface area contributed by atoms with Gasteiger partial charge in [0.2, 0.25) is 17.7 Å². The lowest BCUT2D eigenvalue weighted by Gasteiger charge is -2.36. The van der Waals surface area contributed by atoms with Crippen LogP contribution in [-0.2, 0) is 20.9 Å². The Morgan fingerprint density at radius 1 is 1.19 bits per heavy atom. The summed E-state index contributed by atoms with van der Waals surface area (Å²) in [7, 11) is 3.46. The fraction of sp³-hybridized carbons (Fsp3) is 0.526. The molecule has 0 saturated carbocycles. The highest BCUT2D eigenvalue weighted by Gasteiger charge is 2.33. The van der Waals surface area contributed by atoms with Gasteiger partial charge in [-0.3, -0.25) is 19.3 Å². The second-order valence-corrected chi connectivity index (χ2v) is 6.97. The summed E-state index contributed by atoms with van der Waals surface area (Å²) in [5.74, 6) is 0.423. The van der Waals surface area contributed by atoms with Crippen LogP contribution in [0, 0.1) is 0 Å². The minimum absolute atomic E-state index is 0.0625. The number of methoxy groups -OCH3 is 1. The fourth-order valence-corrected chi connectivity index (χ4v) is 3.41. The van der Waals surface area contributed by atoms with Crippen LogP contribution in [0.1, 0.15) is 12.0 Å². The summed E-state index contributed by atoms with van der Waals surface area (Å²) in [4.78, 5) is 42.2. The van der Waals surface area contributed by atoms with E-state index in [1.54, 1.807) is 16.9 Å². The number of hydrogen-bond acceptors (Lipinski definition) is 5. The van der Waals surface area contributed by atoms with Gasteiger partial charge < -0.3 is 19.9 Å². The number of hydrogen-bond donors (Lipinski definition) is 1. The molecule has 146 valence electrons. The van der Waals surface area contributed by atoms with E-state index in [-0.39, 0.29) is 30.7 Å². The second kappa shape index (κ2) is 8.39. The highest BCUT2D eigenvalue weighted by molar-refractivity contribution is 5.91. The average molecular weight is 374 g/mol. The second-order valence-electron chi connectivity index (χ2n) is 6.97. The molecule has 8 nitrogen and oxygen atoms in total. The number of piperazine rings is 2. The maximum atomic E-state index is 12.6. The molecule has 0 radical (unpaired) electrons. The van der Waals surface area contributed by atoms with Crippen LogP contribution in [0.25, 0.3) is 0 Å². The summed E-state index contributed by atoms with van der Waals surface area (Å²) in [5, 5.41) is 2.79. The molecule has 2 aliphatic rings. The summed E-state index contributed by atoms with van der Waals surface area (Å²) < 4.78 is 5.14. The molecular weight excluding hydrogens is 348 g/mol. The Kier molecular flexibility index (Phi) is 5.95. The number of amides is 3. The molecule has 0 aromatic heterocycles. The van der Waals surface area contributed by atoms with E-state index in [0.29, 0.717) is 26.2 Å². The van der Waals surface area contributed by atoms with Gasteiger partial charge in [-0.2, -0.15) is 0 Å². The lowest BCUT2D eigenvalue weighted by molar-refractivity contribution is -0.147.